The van der Waals surface area contributed by atoms with Crippen molar-refractivity contribution in [2.75, 3.05) is 5.75 Å². The fraction of sp³-hybridized carbons (Fsp3) is 0.211. The molecule has 0 saturated heterocycles. The van der Waals surface area contributed by atoms with E-state index in [1.165, 1.54) is 16.7 Å². The van der Waals surface area contributed by atoms with Crippen LogP contribution in [0, 0.1) is 0 Å². The highest BCUT2D eigenvalue weighted by atomic mass is 32.2. The van der Waals surface area contributed by atoms with Crippen LogP contribution >= 0.6 is 23.5 Å². The Morgan fingerprint density at radius 1 is 1.12 bits per heavy atom. The topological polar surface area (TPSA) is 53.1 Å². The van der Waals surface area contributed by atoms with Crippen LogP contribution in [0.1, 0.15) is 13.8 Å². The lowest BCUT2D eigenvalue weighted by Crippen LogP contribution is -1.97. The zero-order chi connectivity index (χ0) is 17.1. The number of aliphatic carboxylic acids is 1. The molecule has 0 spiro atoms. The van der Waals surface area contributed by atoms with Gasteiger partial charge in [0.1, 0.15) is 0 Å². The zero-order valence-corrected chi connectivity index (χ0v) is 15.2. The summed E-state index contributed by atoms with van der Waals surface area (Å²) in [6, 6.07) is 16.7. The molecular formula is C19H19NO2S2. The van der Waals surface area contributed by atoms with Crippen molar-refractivity contribution in [1.82, 2.24) is 4.98 Å². The predicted molar refractivity (Wildman–Crippen MR) is 103 cm³/mol. The lowest BCUT2D eigenvalue weighted by atomic mass is 10.1. The standard InChI is InChI=1S/C19H19NO2S2/c1-12(2)24-16-5-3-4-13(8-16)18-10-14-9-15(23-11-19(21)22)6-7-17(14)20-18/h3-10,12,20H,11H2,1-2H3,(H,21,22). The molecule has 5 heteroatoms. The zero-order valence-electron chi connectivity index (χ0n) is 13.6. The highest BCUT2D eigenvalue weighted by Gasteiger charge is 2.07. The molecular weight excluding hydrogens is 338 g/mol. The van der Waals surface area contributed by atoms with E-state index in [9.17, 15) is 4.79 Å². The average Bonchev–Trinajstić information content (AvgIpc) is 2.95. The van der Waals surface area contributed by atoms with Gasteiger partial charge in [0, 0.05) is 31.6 Å². The Morgan fingerprint density at radius 2 is 1.96 bits per heavy atom. The first-order valence-electron chi connectivity index (χ1n) is 7.76. The summed E-state index contributed by atoms with van der Waals surface area (Å²) < 4.78 is 0. The largest absolute Gasteiger partial charge is 0.481 e. The average molecular weight is 358 g/mol. The molecule has 0 bridgehead atoms. The van der Waals surface area contributed by atoms with Crippen molar-refractivity contribution in [3.05, 3.63) is 48.5 Å². The molecule has 1 heterocycles. The summed E-state index contributed by atoms with van der Waals surface area (Å²) in [5, 5.41) is 10.5. The molecule has 3 rings (SSSR count). The van der Waals surface area contributed by atoms with Gasteiger partial charge in [-0.05, 0) is 42.0 Å². The molecule has 3 aromatic rings. The Balaban J connectivity index is 1.89. The van der Waals surface area contributed by atoms with E-state index in [0.29, 0.717) is 5.25 Å². The molecule has 0 radical (unpaired) electrons. The van der Waals surface area contributed by atoms with Gasteiger partial charge in [0.05, 0.1) is 5.75 Å². The van der Waals surface area contributed by atoms with Crippen LogP contribution in [0.5, 0.6) is 0 Å². The minimum absolute atomic E-state index is 0.0806. The number of carbonyl (C=O) groups is 1. The van der Waals surface area contributed by atoms with E-state index in [2.05, 4.69) is 49.2 Å². The Kier molecular flexibility index (Phi) is 5.21. The van der Waals surface area contributed by atoms with Crippen molar-refractivity contribution in [1.29, 1.82) is 0 Å². The molecule has 0 atom stereocenters. The predicted octanol–water partition coefficient (Wildman–Crippen LogP) is 5.51. The fourth-order valence-electron chi connectivity index (χ4n) is 2.51. The second-order valence-electron chi connectivity index (χ2n) is 5.81. The van der Waals surface area contributed by atoms with Gasteiger partial charge >= 0.3 is 5.97 Å². The lowest BCUT2D eigenvalue weighted by Gasteiger charge is -2.06. The van der Waals surface area contributed by atoms with Crippen molar-refractivity contribution in [3.8, 4) is 11.3 Å². The molecule has 2 N–H and O–H groups in total. The maximum atomic E-state index is 10.7. The molecule has 0 amide bonds. The molecule has 124 valence electrons. The number of hydrogen-bond acceptors (Lipinski definition) is 3. The molecule has 0 aliphatic heterocycles. The number of fused-ring (bicyclic) bond motifs is 1. The SMILES string of the molecule is CC(C)Sc1cccc(-c2cc3cc(SCC(=O)O)ccc3[nH]2)c1. The first-order chi connectivity index (χ1) is 11.5. The van der Waals surface area contributed by atoms with E-state index in [1.807, 2.05) is 30.0 Å². The van der Waals surface area contributed by atoms with Gasteiger partial charge in [-0.1, -0.05) is 26.0 Å². The van der Waals surface area contributed by atoms with Crippen molar-refractivity contribution < 1.29 is 9.90 Å². The van der Waals surface area contributed by atoms with Crippen LogP contribution in [0.4, 0.5) is 0 Å². The third kappa shape index (κ3) is 4.16. The molecule has 0 aliphatic carbocycles. The second kappa shape index (κ2) is 7.36. The minimum atomic E-state index is -0.797. The van der Waals surface area contributed by atoms with E-state index in [4.69, 9.17) is 5.11 Å². The van der Waals surface area contributed by atoms with Gasteiger partial charge in [-0.25, -0.2) is 0 Å². The van der Waals surface area contributed by atoms with Crippen LogP contribution in [0.15, 0.2) is 58.3 Å². The summed E-state index contributed by atoms with van der Waals surface area (Å²) >= 11 is 3.19. The number of aromatic nitrogens is 1. The Bertz CT molecular complexity index is 871. The van der Waals surface area contributed by atoms with E-state index < -0.39 is 5.97 Å². The van der Waals surface area contributed by atoms with Gasteiger partial charge in [0.15, 0.2) is 0 Å². The number of H-pyrrole nitrogens is 1. The molecule has 0 saturated carbocycles. The van der Waals surface area contributed by atoms with Crippen LogP contribution in [0.3, 0.4) is 0 Å². The summed E-state index contributed by atoms with van der Waals surface area (Å²) in [5.41, 5.74) is 3.31. The number of nitrogens with one attached hydrogen (secondary N) is 1. The van der Waals surface area contributed by atoms with E-state index in [1.54, 1.807) is 0 Å². The minimum Gasteiger partial charge on any atom is -0.481 e. The van der Waals surface area contributed by atoms with E-state index in [0.717, 1.165) is 27.1 Å². The Morgan fingerprint density at radius 3 is 2.71 bits per heavy atom. The number of thioether (sulfide) groups is 2. The van der Waals surface area contributed by atoms with Gasteiger partial charge < -0.3 is 10.1 Å². The normalized spacial score (nSPS) is 11.3. The van der Waals surface area contributed by atoms with Gasteiger partial charge in [-0.2, -0.15) is 0 Å². The third-order valence-electron chi connectivity index (χ3n) is 3.47. The number of carboxylic acids is 1. The first-order valence-corrected chi connectivity index (χ1v) is 9.62. The summed E-state index contributed by atoms with van der Waals surface area (Å²) in [7, 11) is 0. The number of rotatable bonds is 6. The molecule has 24 heavy (non-hydrogen) atoms. The van der Waals surface area contributed by atoms with Crippen molar-refractivity contribution in [3.63, 3.8) is 0 Å². The van der Waals surface area contributed by atoms with E-state index in [-0.39, 0.29) is 5.75 Å². The molecule has 1 aromatic heterocycles. The van der Waals surface area contributed by atoms with Crippen molar-refractivity contribution >= 4 is 40.4 Å². The van der Waals surface area contributed by atoms with Crippen LogP contribution in [0.2, 0.25) is 0 Å². The van der Waals surface area contributed by atoms with Gasteiger partial charge in [-0.3, -0.25) is 4.79 Å². The highest BCUT2D eigenvalue weighted by Crippen LogP contribution is 2.31. The smallest absolute Gasteiger partial charge is 0.313 e. The quantitative estimate of drug-likeness (QED) is 0.571. The second-order valence-corrected chi connectivity index (χ2v) is 8.51. The van der Waals surface area contributed by atoms with Gasteiger partial charge in [-0.15, -0.1) is 23.5 Å². The van der Waals surface area contributed by atoms with Crippen molar-refractivity contribution in [2.45, 2.75) is 28.9 Å². The number of carboxylic acid groups (broad SMARTS) is 1. The maximum Gasteiger partial charge on any atom is 0.313 e. The van der Waals surface area contributed by atoms with E-state index >= 15 is 0 Å². The third-order valence-corrected chi connectivity index (χ3v) is 5.45. The molecule has 0 aliphatic rings. The van der Waals surface area contributed by atoms with Gasteiger partial charge in [0.25, 0.3) is 0 Å². The van der Waals surface area contributed by atoms with Crippen LogP contribution in [-0.2, 0) is 4.79 Å². The first kappa shape index (κ1) is 17.0. The monoisotopic (exact) mass is 357 g/mol. The molecule has 0 fully saturated rings. The fourth-order valence-corrected chi connectivity index (χ4v) is 4.07. The maximum absolute atomic E-state index is 10.7. The van der Waals surface area contributed by atoms with Crippen molar-refractivity contribution in [2.24, 2.45) is 0 Å². The number of aromatic amines is 1. The summed E-state index contributed by atoms with van der Waals surface area (Å²) in [5.74, 6) is -0.716. The molecule has 2 aromatic carbocycles. The number of benzene rings is 2. The summed E-state index contributed by atoms with van der Waals surface area (Å²) in [6.07, 6.45) is 0. The van der Waals surface area contributed by atoms with Crippen LogP contribution in [0.25, 0.3) is 22.2 Å². The van der Waals surface area contributed by atoms with Crippen LogP contribution in [-0.4, -0.2) is 27.1 Å². The summed E-state index contributed by atoms with van der Waals surface area (Å²) in [4.78, 5) is 16.4. The molecule has 3 nitrogen and oxygen atoms in total. The van der Waals surface area contributed by atoms with Gasteiger partial charge in [0.2, 0.25) is 0 Å². The Hall–Kier alpha value is -1.85. The summed E-state index contributed by atoms with van der Waals surface area (Å²) in [6.45, 7) is 4.38. The van der Waals surface area contributed by atoms with Crippen LogP contribution < -0.4 is 0 Å². The lowest BCUT2D eigenvalue weighted by molar-refractivity contribution is -0.133. The highest BCUT2D eigenvalue weighted by molar-refractivity contribution is 8.00. The Labute approximate surface area is 149 Å². The molecule has 0 unspecified atom stereocenters. The number of hydrogen-bond donors (Lipinski definition) is 2.